The van der Waals surface area contributed by atoms with E-state index in [-0.39, 0.29) is 12.5 Å². The van der Waals surface area contributed by atoms with E-state index in [2.05, 4.69) is 48.9 Å². The van der Waals surface area contributed by atoms with Crippen LogP contribution in [0.15, 0.2) is 36.9 Å². The summed E-state index contributed by atoms with van der Waals surface area (Å²) >= 11 is 2.27. The summed E-state index contributed by atoms with van der Waals surface area (Å²) in [6.07, 6.45) is 2.96. The molecule has 0 saturated heterocycles. The maximum Gasteiger partial charge on any atom is 0.171 e. The summed E-state index contributed by atoms with van der Waals surface area (Å²) < 4.78 is 2.68. The maximum absolute atomic E-state index is 11.2. The lowest BCUT2D eigenvalue weighted by Gasteiger charge is -2.33. The molecule has 28 heavy (non-hydrogen) atoms. The summed E-state index contributed by atoms with van der Waals surface area (Å²) in [5.41, 5.74) is -0.0257. The summed E-state index contributed by atoms with van der Waals surface area (Å²) in [6.45, 7) is 0.448. The van der Waals surface area contributed by atoms with E-state index in [0.29, 0.717) is 29.9 Å². The fourth-order valence-electron chi connectivity index (χ4n) is 4.54. The standard InChI is InChI=1S/C19H20IN5O3/c20-13-3-1-2-11(4-13)7-21-15-14-16(23-9-22-15)25(10-24-14)19(28)6-12-5-18(12,8-26)17(19)27/h1-4,9-10,12,17,26-28H,5-8H2,(H,21,22,23)/t12?,17-,18+,19-/m1/s1. The Morgan fingerprint density at radius 2 is 2.11 bits per heavy atom. The number of fused-ring (bicyclic) bond motifs is 2. The number of nitrogens with zero attached hydrogens (tertiary/aromatic N) is 4. The summed E-state index contributed by atoms with van der Waals surface area (Å²) in [4.78, 5) is 13.0. The van der Waals surface area contributed by atoms with Crippen molar-refractivity contribution in [3.05, 3.63) is 46.1 Å². The van der Waals surface area contributed by atoms with Gasteiger partial charge in [-0.3, -0.25) is 4.57 Å². The van der Waals surface area contributed by atoms with Crippen LogP contribution in [0, 0.1) is 14.9 Å². The van der Waals surface area contributed by atoms with E-state index < -0.39 is 17.2 Å². The van der Waals surface area contributed by atoms with E-state index in [9.17, 15) is 15.3 Å². The Hall–Kier alpha value is -1.82. The van der Waals surface area contributed by atoms with Crippen LogP contribution in [0.25, 0.3) is 11.2 Å². The first kappa shape index (κ1) is 18.2. The number of halogens is 1. The van der Waals surface area contributed by atoms with Gasteiger partial charge in [0.1, 0.15) is 12.4 Å². The van der Waals surface area contributed by atoms with E-state index in [0.717, 1.165) is 15.6 Å². The van der Waals surface area contributed by atoms with Crippen LogP contribution < -0.4 is 5.32 Å². The molecular formula is C19H20IN5O3. The number of benzene rings is 1. The van der Waals surface area contributed by atoms with Crippen LogP contribution in [0.5, 0.6) is 0 Å². The molecule has 0 aliphatic heterocycles. The molecule has 3 aromatic rings. The SMILES string of the molecule is OC[C@@]12CC1C[C@](O)(n1cnc3c(NCc4cccc(I)c4)ncnc31)[C@@H]2O. The average molecular weight is 493 g/mol. The molecule has 2 aliphatic carbocycles. The van der Waals surface area contributed by atoms with Crippen molar-refractivity contribution in [2.45, 2.75) is 31.2 Å². The number of hydrogen-bond acceptors (Lipinski definition) is 7. The van der Waals surface area contributed by atoms with Gasteiger partial charge in [0.25, 0.3) is 0 Å². The van der Waals surface area contributed by atoms with Gasteiger partial charge < -0.3 is 20.6 Å². The molecule has 0 amide bonds. The Balaban J connectivity index is 1.46. The van der Waals surface area contributed by atoms with E-state index in [4.69, 9.17) is 0 Å². The summed E-state index contributed by atoms with van der Waals surface area (Å²) in [5.74, 6) is 0.677. The predicted molar refractivity (Wildman–Crippen MR) is 110 cm³/mol. The zero-order valence-corrected chi connectivity index (χ0v) is 17.1. The summed E-state index contributed by atoms with van der Waals surface area (Å²) in [5, 5.41) is 35.0. The monoisotopic (exact) mass is 493 g/mol. The summed E-state index contributed by atoms with van der Waals surface area (Å²) in [7, 11) is 0. The van der Waals surface area contributed by atoms with Crippen molar-refractivity contribution in [3.63, 3.8) is 0 Å². The number of aromatic nitrogens is 4. The van der Waals surface area contributed by atoms with Crippen molar-refractivity contribution in [1.82, 2.24) is 19.5 Å². The molecule has 0 radical (unpaired) electrons. The minimum absolute atomic E-state index is 0.106. The molecule has 8 nitrogen and oxygen atoms in total. The van der Waals surface area contributed by atoms with Gasteiger partial charge in [-0.25, -0.2) is 15.0 Å². The van der Waals surface area contributed by atoms with Gasteiger partial charge in [0.2, 0.25) is 0 Å². The molecule has 2 aromatic heterocycles. The lowest BCUT2D eigenvalue weighted by molar-refractivity contribution is -0.145. The lowest BCUT2D eigenvalue weighted by atomic mass is 9.96. The normalized spacial score (nSPS) is 31.1. The van der Waals surface area contributed by atoms with Crippen molar-refractivity contribution < 1.29 is 15.3 Å². The van der Waals surface area contributed by atoms with Gasteiger partial charge in [-0.15, -0.1) is 0 Å². The Kier molecular flexibility index (Phi) is 4.13. The zero-order valence-electron chi connectivity index (χ0n) is 15.0. The van der Waals surface area contributed by atoms with Crippen LogP contribution in [-0.4, -0.2) is 47.5 Å². The molecule has 0 spiro atoms. The van der Waals surface area contributed by atoms with Gasteiger partial charge in [0.15, 0.2) is 22.7 Å². The minimum Gasteiger partial charge on any atom is -0.396 e. The molecule has 4 N–H and O–H groups in total. The Bertz CT molecular complexity index is 1050. The van der Waals surface area contributed by atoms with Crippen LogP contribution in [0.2, 0.25) is 0 Å². The Morgan fingerprint density at radius 1 is 1.25 bits per heavy atom. The van der Waals surface area contributed by atoms with E-state index in [1.807, 2.05) is 18.2 Å². The van der Waals surface area contributed by atoms with Crippen LogP contribution in [-0.2, 0) is 12.3 Å². The van der Waals surface area contributed by atoms with Gasteiger partial charge in [-0.1, -0.05) is 12.1 Å². The molecular weight excluding hydrogens is 473 g/mol. The first-order valence-corrected chi connectivity index (χ1v) is 10.2. The number of rotatable bonds is 5. The summed E-state index contributed by atoms with van der Waals surface area (Å²) in [6, 6.07) is 8.15. The van der Waals surface area contributed by atoms with Crippen molar-refractivity contribution in [2.75, 3.05) is 11.9 Å². The Labute approximate surface area is 174 Å². The number of aliphatic hydroxyl groups is 3. The molecule has 5 rings (SSSR count). The maximum atomic E-state index is 11.2. The molecule has 146 valence electrons. The highest BCUT2D eigenvalue weighted by Gasteiger charge is 2.72. The largest absolute Gasteiger partial charge is 0.396 e. The molecule has 9 heteroatoms. The minimum atomic E-state index is -1.53. The van der Waals surface area contributed by atoms with Gasteiger partial charge in [0, 0.05) is 22.0 Å². The van der Waals surface area contributed by atoms with Crippen molar-refractivity contribution in [2.24, 2.45) is 11.3 Å². The third-order valence-corrected chi connectivity index (χ3v) is 6.87. The van der Waals surface area contributed by atoms with Gasteiger partial charge in [-0.05, 0) is 52.6 Å². The first-order chi connectivity index (χ1) is 13.5. The number of hydrogen-bond donors (Lipinski definition) is 4. The highest BCUT2D eigenvalue weighted by Crippen LogP contribution is 2.67. The molecule has 4 atom stereocenters. The third-order valence-electron chi connectivity index (χ3n) is 6.20. The fraction of sp³-hybridized carbons (Fsp3) is 0.421. The quantitative estimate of drug-likeness (QED) is 0.398. The van der Waals surface area contributed by atoms with Crippen LogP contribution in [0.1, 0.15) is 18.4 Å². The average Bonchev–Trinajstić information content (AvgIpc) is 3.11. The van der Waals surface area contributed by atoms with Crippen LogP contribution in [0.4, 0.5) is 5.82 Å². The number of anilines is 1. The number of aliphatic hydroxyl groups excluding tert-OH is 2. The smallest absolute Gasteiger partial charge is 0.171 e. The third kappa shape index (κ3) is 2.56. The van der Waals surface area contributed by atoms with E-state index >= 15 is 0 Å². The molecule has 2 saturated carbocycles. The predicted octanol–water partition coefficient (Wildman–Crippen LogP) is 1.45. The zero-order chi connectivity index (χ0) is 19.5. The van der Waals surface area contributed by atoms with Crippen LogP contribution >= 0.6 is 22.6 Å². The molecule has 2 aliphatic rings. The second-order valence-electron chi connectivity index (χ2n) is 7.77. The molecule has 1 aromatic carbocycles. The second kappa shape index (κ2) is 6.34. The van der Waals surface area contributed by atoms with Crippen molar-refractivity contribution in [3.8, 4) is 0 Å². The highest BCUT2D eigenvalue weighted by atomic mass is 127. The molecule has 0 bridgehead atoms. The Morgan fingerprint density at radius 3 is 2.86 bits per heavy atom. The molecule has 2 heterocycles. The number of imidazole rings is 1. The molecule has 1 unspecified atom stereocenters. The molecule has 2 fully saturated rings. The van der Waals surface area contributed by atoms with Gasteiger partial charge in [0.05, 0.1) is 12.9 Å². The van der Waals surface area contributed by atoms with Gasteiger partial charge in [-0.2, -0.15) is 0 Å². The van der Waals surface area contributed by atoms with Crippen molar-refractivity contribution >= 4 is 39.6 Å². The van der Waals surface area contributed by atoms with Crippen molar-refractivity contribution in [1.29, 1.82) is 0 Å². The van der Waals surface area contributed by atoms with Gasteiger partial charge >= 0.3 is 0 Å². The van der Waals surface area contributed by atoms with E-state index in [1.165, 1.54) is 17.2 Å². The first-order valence-electron chi connectivity index (χ1n) is 9.16. The van der Waals surface area contributed by atoms with E-state index in [1.54, 1.807) is 0 Å². The lowest BCUT2D eigenvalue weighted by Crippen LogP contribution is -2.46. The highest BCUT2D eigenvalue weighted by molar-refractivity contribution is 14.1. The second-order valence-corrected chi connectivity index (χ2v) is 9.02. The number of nitrogens with one attached hydrogen (secondary N) is 1. The van der Waals surface area contributed by atoms with Crippen LogP contribution in [0.3, 0.4) is 0 Å². The fourth-order valence-corrected chi connectivity index (χ4v) is 5.14. The topological polar surface area (TPSA) is 116 Å².